The average molecular weight is 478 g/mol. The standard InChI is InChI=1S/C24H16ClN3O2S2/c25-16-7-11-18(12-8-16)31-14-21-19(13-15-5-9-17(29)10-6-15)23(30)28(27-21)24-26-20-3-1-2-4-22(20)32-24/h1-13,29H,14H2. The van der Waals surface area contributed by atoms with E-state index in [1.807, 2.05) is 48.5 Å². The number of para-hydroxylation sites is 1. The largest absolute Gasteiger partial charge is 0.508 e. The highest BCUT2D eigenvalue weighted by atomic mass is 35.5. The van der Waals surface area contributed by atoms with Gasteiger partial charge in [0.15, 0.2) is 0 Å². The van der Waals surface area contributed by atoms with Gasteiger partial charge >= 0.3 is 0 Å². The van der Waals surface area contributed by atoms with Crippen molar-refractivity contribution in [3.8, 4) is 5.75 Å². The number of amides is 1. The number of phenolic OH excluding ortho intramolecular Hbond substituents is 1. The fourth-order valence-corrected chi connectivity index (χ4v) is 5.10. The van der Waals surface area contributed by atoms with Gasteiger partial charge in [-0.2, -0.15) is 10.1 Å². The summed E-state index contributed by atoms with van der Waals surface area (Å²) >= 11 is 9.00. The van der Waals surface area contributed by atoms with E-state index in [0.29, 0.717) is 27.2 Å². The van der Waals surface area contributed by atoms with Gasteiger partial charge in [-0.05, 0) is 60.2 Å². The van der Waals surface area contributed by atoms with Gasteiger partial charge in [0, 0.05) is 15.7 Å². The minimum atomic E-state index is -0.219. The highest BCUT2D eigenvalue weighted by Gasteiger charge is 2.33. The Labute approximate surface area is 197 Å². The number of thiazole rings is 1. The minimum Gasteiger partial charge on any atom is -0.508 e. The van der Waals surface area contributed by atoms with Crippen LogP contribution in [0.25, 0.3) is 16.3 Å². The third-order valence-corrected chi connectivity index (χ3v) is 7.10. The van der Waals surface area contributed by atoms with E-state index in [4.69, 9.17) is 11.6 Å². The molecular weight excluding hydrogens is 462 g/mol. The quantitative estimate of drug-likeness (QED) is 0.273. The van der Waals surface area contributed by atoms with Gasteiger partial charge in [0.05, 0.1) is 21.5 Å². The molecule has 1 N–H and O–H groups in total. The lowest BCUT2D eigenvalue weighted by molar-refractivity contribution is -0.114. The topological polar surface area (TPSA) is 65.8 Å². The maximum absolute atomic E-state index is 13.4. The molecule has 0 radical (unpaired) electrons. The highest BCUT2D eigenvalue weighted by molar-refractivity contribution is 8.00. The van der Waals surface area contributed by atoms with Crippen molar-refractivity contribution >= 4 is 67.7 Å². The Morgan fingerprint density at radius 2 is 1.78 bits per heavy atom. The Morgan fingerprint density at radius 3 is 2.53 bits per heavy atom. The molecule has 4 aromatic rings. The average Bonchev–Trinajstić information content (AvgIpc) is 3.36. The molecule has 0 atom stereocenters. The maximum Gasteiger partial charge on any atom is 0.282 e. The van der Waals surface area contributed by atoms with E-state index in [9.17, 15) is 9.90 Å². The van der Waals surface area contributed by atoms with Crippen LogP contribution in [0.3, 0.4) is 0 Å². The van der Waals surface area contributed by atoms with Crippen molar-refractivity contribution in [2.24, 2.45) is 5.10 Å². The van der Waals surface area contributed by atoms with Crippen LogP contribution in [-0.4, -0.2) is 27.5 Å². The van der Waals surface area contributed by atoms with Gasteiger partial charge in [-0.15, -0.1) is 11.8 Å². The number of rotatable bonds is 5. The van der Waals surface area contributed by atoms with E-state index in [1.165, 1.54) is 16.3 Å². The highest BCUT2D eigenvalue weighted by Crippen LogP contribution is 2.34. The predicted molar refractivity (Wildman–Crippen MR) is 133 cm³/mol. The number of halogens is 1. The molecule has 1 aromatic heterocycles. The molecule has 0 bridgehead atoms. The summed E-state index contributed by atoms with van der Waals surface area (Å²) in [6.07, 6.45) is 1.80. The number of benzene rings is 3. The van der Waals surface area contributed by atoms with E-state index < -0.39 is 0 Å². The summed E-state index contributed by atoms with van der Waals surface area (Å²) in [5.41, 5.74) is 2.82. The number of carbonyl (C=O) groups is 1. The number of fused-ring (bicyclic) bond motifs is 1. The number of aromatic hydroxyl groups is 1. The number of aromatic nitrogens is 1. The summed E-state index contributed by atoms with van der Waals surface area (Å²) in [4.78, 5) is 19.0. The summed E-state index contributed by atoms with van der Waals surface area (Å²) in [6.45, 7) is 0. The molecule has 2 heterocycles. The third kappa shape index (κ3) is 4.27. The van der Waals surface area contributed by atoms with Gasteiger partial charge in [-0.1, -0.05) is 47.2 Å². The summed E-state index contributed by atoms with van der Waals surface area (Å²) in [5, 5.41) is 16.8. The van der Waals surface area contributed by atoms with Crippen LogP contribution < -0.4 is 5.01 Å². The first kappa shape index (κ1) is 20.8. The van der Waals surface area contributed by atoms with Crippen LogP contribution in [0.5, 0.6) is 5.75 Å². The van der Waals surface area contributed by atoms with Crippen LogP contribution >= 0.6 is 34.7 Å². The Hall–Kier alpha value is -3.13. The second-order valence-electron chi connectivity index (χ2n) is 7.02. The Balaban J connectivity index is 1.49. The van der Waals surface area contributed by atoms with Crippen molar-refractivity contribution in [3.05, 3.63) is 89.0 Å². The van der Waals surface area contributed by atoms with Crippen LogP contribution in [0, 0.1) is 0 Å². The molecule has 0 aliphatic carbocycles. The van der Waals surface area contributed by atoms with Crippen molar-refractivity contribution in [2.45, 2.75) is 4.90 Å². The molecule has 32 heavy (non-hydrogen) atoms. The predicted octanol–water partition coefficient (Wildman–Crippen LogP) is 6.23. The molecule has 1 amide bonds. The van der Waals surface area contributed by atoms with E-state index in [2.05, 4.69) is 10.1 Å². The monoisotopic (exact) mass is 477 g/mol. The number of thioether (sulfide) groups is 1. The number of carbonyl (C=O) groups excluding carboxylic acids is 1. The Morgan fingerprint density at radius 1 is 1.03 bits per heavy atom. The van der Waals surface area contributed by atoms with Gasteiger partial charge in [0.2, 0.25) is 5.13 Å². The number of hydrogen-bond donors (Lipinski definition) is 1. The van der Waals surface area contributed by atoms with Crippen molar-refractivity contribution in [1.82, 2.24) is 4.98 Å². The molecule has 158 valence electrons. The van der Waals surface area contributed by atoms with E-state index >= 15 is 0 Å². The summed E-state index contributed by atoms with van der Waals surface area (Å²) in [7, 11) is 0. The minimum absolute atomic E-state index is 0.174. The van der Waals surface area contributed by atoms with Gasteiger partial charge in [0.25, 0.3) is 5.91 Å². The second kappa shape index (κ2) is 8.78. The smallest absolute Gasteiger partial charge is 0.282 e. The van der Waals surface area contributed by atoms with Crippen LogP contribution in [0.4, 0.5) is 5.13 Å². The number of hydrazone groups is 1. The molecule has 0 fully saturated rings. The molecule has 8 heteroatoms. The Bertz CT molecular complexity index is 1330. The maximum atomic E-state index is 13.4. The van der Waals surface area contributed by atoms with Crippen LogP contribution in [0.15, 0.2) is 88.4 Å². The van der Waals surface area contributed by atoms with Crippen molar-refractivity contribution < 1.29 is 9.90 Å². The van der Waals surface area contributed by atoms with Crippen LogP contribution in [0.2, 0.25) is 5.02 Å². The fraction of sp³-hybridized carbons (Fsp3) is 0.0417. The first-order chi connectivity index (χ1) is 15.6. The molecule has 0 saturated carbocycles. The van der Waals surface area contributed by atoms with E-state index in [0.717, 1.165) is 20.7 Å². The lowest BCUT2D eigenvalue weighted by atomic mass is 10.1. The van der Waals surface area contributed by atoms with Crippen molar-refractivity contribution in [2.75, 3.05) is 10.8 Å². The number of nitrogens with zero attached hydrogens (tertiary/aromatic N) is 3. The molecule has 5 rings (SSSR count). The molecule has 1 aliphatic rings. The molecule has 0 saturated heterocycles. The van der Waals surface area contributed by atoms with Gasteiger partial charge in [0.1, 0.15) is 5.75 Å². The summed E-state index contributed by atoms with van der Waals surface area (Å²) in [6, 6.07) is 22.0. The zero-order valence-electron chi connectivity index (χ0n) is 16.6. The SMILES string of the molecule is O=C1C(=Cc2ccc(O)cc2)C(CSc2ccc(Cl)cc2)=NN1c1nc2ccccc2s1. The molecule has 0 unspecified atom stereocenters. The number of hydrogen-bond acceptors (Lipinski definition) is 6. The van der Waals surface area contributed by atoms with Crippen molar-refractivity contribution in [3.63, 3.8) is 0 Å². The van der Waals surface area contributed by atoms with Gasteiger partial charge < -0.3 is 5.11 Å². The zero-order chi connectivity index (χ0) is 22.1. The van der Waals surface area contributed by atoms with E-state index in [1.54, 1.807) is 42.1 Å². The summed E-state index contributed by atoms with van der Waals surface area (Å²) in [5.74, 6) is 0.468. The normalized spacial score (nSPS) is 15.0. The van der Waals surface area contributed by atoms with Crippen LogP contribution in [0.1, 0.15) is 5.56 Å². The van der Waals surface area contributed by atoms with Crippen molar-refractivity contribution in [1.29, 1.82) is 0 Å². The third-order valence-electron chi connectivity index (χ3n) is 4.81. The van der Waals surface area contributed by atoms with E-state index in [-0.39, 0.29) is 11.7 Å². The zero-order valence-corrected chi connectivity index (χ0v) is 19.0. The lowest BCUT2D eigenvalue weighted by Gasteiger charge is -2.06. The first-order valence-electron chi connectivity index (χ1n) is 9.74. The fourth-order valence-electron chi connectivity index (χ4n) is 3.21. The van der Waals surface area contributed by atoms with Gasteiger partial charge in [-0.25, -0.2) is 4.98 Å². The van der Waals surface area contributed by atoms with Gasteiger partial charge in [-0.3, -0.25) is 4.79 Å². The lowest BCUT2D eigenvalue weighted by Crippen LogP contribution is -2.21. The molecule has 3 aromatic carbocycles. The second-order valence-corrected chi connectivity index (χ2v) is 9.51. The Kier molecular flexibility index (Phi) is 5.70. The number of phenols is 1. The molecule has 5 nitrogen and oxygen atoms in total. The molecule has 0 spiro atoms. The van der Waals surface area contributed by atoms with Crippen LogP contribution in [-0.2, 0) is 4.79 Å². The molecule has 1 aliphatic heterocycles. The first-order valence-corrected chi connectivity index (χ1v) is 11.9. The molecular formula is C24H16ClN3O2S2. The summed E-state index contributed by atoms with van der Waals surface area (Å²) < 4.78 is 0.999. The number of anilines is 1.